The summed E-state index contributed by atoms with van der Waals surface area (Å²) in [5.41, 5.74) is 1.81. The third kappa shape index (κ3) is 8.90. The molecule has 13 nitrogen and oxygen atoms in total. The molecule has 16 heteroatoms. The number of alkyl halides is 1. The first-order valence-corrected chi connectivity index (χ1v) is 15.7. The van der Waals surface area contributed by atoms with Gasteiger partial charge in [0.25, 0.3) is 10.0 Å². The Morgan fingerprint density at radius 3 is 2.53 bits per heavy atom. The molecule has 4 rings (SSSR count). The largest absolute Gasteiger partial charge is 0.491 e. The van der Waals surface area contributed by atoms with Gasteiger partial charge < -0.3 is 25.0 Å². The van der Waals surface area contributed by atoms with Crippen molar-refractivity contribution in [2.45, 2.75) is 49.4 Å². The Morgan fingerprint density at radius 1 is 1.16 bits per heavy atom. The predicted molar refractivity (Wildman–Crippen MR) is 156 cm³/mol. The quantitative estimate of drug-likeness (QED) is 0.141. The SMILES string of the molecule is CC(C)[C@@H](CN[C@@H](Cc1ccc(OCC(O)CF)cc1)C(=O)O)n1cc(COc2ccc3nc(S(N)(=O)=O)sc3c2)nn1. The van der Waals surface area contributed by atoms with Crippen LogP contribution in [0, 0.1) is 5.92 Å². The number of nitrogens with zero attached hydrogens (tertiary/aromatic N) is 4. The highest BCUT2D eigenvalue weighted by atomic mass is 32.2. The zero-order chi connectivity index (χ0) is 31.1. The Labute approximate surface area is 251 Å². The lowest BCUT2D eigenvalue weighted by molar-refractivity contribution is -0.139. The van der Waals surface area contributed by atoms with E-state index in [-0.39, 0.29) is 35.9 Å². The minimum absolute atomic E-state index is 0.0928. The Morgan fingerprint density at radius 2 is 1.88 bits per heavy atom. The summed E-state index contributed by atoms with van der Waals surface area (Å²) in [7, 11) is -3.90. The van der Waals surface area contributed by atoms with Crippen LogP contribution in [0.3, 0.4) is 0 Å². The normalized spacial score (nSPS) is 14.1. The van der Waals surface area contributed by atoms with E-state index in [1.165, 1.54) is 0 Å². The Bertz CT molecular complexity index is 1630. The van der Waals surface area contributed by atoms with Gasteiger partial charge in [-0.3, -0.25) is 4.79 Å². The van der Waals surface area contributed by atoms with Crippen LogP contribution in [0.4, 0.5) is 4.39 Å². The molecule has 0 radical (unpaired) electrons. The summed E-state index contributed by atoms with van der Waals surface area (Å²) in [6.07, 6.45) is 0.759. The number of carboxylic acid groups (broad SMARTS) is 1. The first kappa shape index (κ1) is 32.2. The van der Waals surface area contributed by atoms with Gasteiger partial charge in [-0.05, 0) is 48.2 Å². The van der Waals surface area contributed by atoms with E-state index in [0.29, 0.717) is 34.0 Å². The number of nitrogens with two attached hydrogens (primary N) is 1. The molecule has 43 heavy (non-hydrogen) atoms. The number of carboxylic acids is 1. The lowest BCUT2D eigenvalue weighted by Gasteiger charge is -2.24. The highest BCUT2D eigenvalue weighted by molar-refractivity contribution is 7.91. The second-order valence-corrected chi connectivity index (χ2v) is 13.0. The summed E-state index contributed by atoms with van der Waals surface area (Å²) in [6, 6.07) is 10.7. The molecular formula is C27H33FN6O7S2. The van der Waals surface area contributed by atoms with E-state index in [0.717, 1.165) is 16.9 Å². The molecule has 232 valence electrons. The van der Waals surface area contributed by atoms with Gasteiger partial charge in [-0.15, -0.1) is 16.4 Å². The first-order valence-electron chi connectivity index (χ1n) is 13.3. The Balaban J connectivity index is 1.34. The molecule has 0 saturated heterocycles. The molecule has 0 amide bonds. The van der Waals surface area contributed by atoms with Crippen LogP contribution < -0.4 is 19.9 Å². The van der Waals surface area contributed by atoms with E-state index < -0.39 is 34.8 Å². The van der Waals surface area contributed by atoms with Crippen LogP contribution in [0.2, 0.25) is 0 Å². The van der Waals surface area contributed by atoms with Crippen molar-refractivity contribution < 1.29 is 37.3 Å². The summed E-state index contributed by atoms with van der Waals surface area (Å²) in [5, 5.41) is 35.9. The van der Waals surface area contributed by atoms with E-state index in [1.807, 2.05) is 13.8 Å². The van der Waals surface area contributed by atoms with Gasteiger partial charge in [0.05, 0.1) is 22.5 Å². The third-order valence-corrected chi connectivity index (χ3v) is 8.83. The summed E-state index contributed by atoms with van der Waals surface area (Å²) < 4.78 is 48.9. The molecule has 5 N–H and O–H groups in total. The maximum atomic E-state index is 12.4. The van der Waals surface area contributed by atoms with Crippen LogP contribution in [0.25, 0.3) is 10.2 Å². The molecule has 2 aromatic heterocycles. The molecule has 0 fully saturated rings. The summed E-state index contributed by atoms with van der Waals surface area (Å²) in [5.74, 6) is 0.0307. The van der Waals surface area contributed by atoms with Gasteiger partial charge in [-0.1, -0.05) is 31.2 Å². The number of hydrogen-bond acceptors (Lipinski definition) is 11. The van der Waals surface area contributed by atoms with E-state index in [4.69, 9.17) is 14.6 Å². The van der Waals surface area contributed by atoms with Crippen LogP contribution in [-0.2, 0) is 27.8 Å². The molecule has 0 saturated carbocycles. The van der Waals surface area contributed by atoms with E-state index in [9.17, 15) is 27.8 Å². The second-order valence-electron chi connectivity index (χ2n) is 10.2. The highest BCUT2D eigenvalue weighted by Gasteiger charge is 2.23. The van der Waals surface area contributed by atoms with Gasteiger partial charge in [-0.25, -0.2) is 27.6 Å². The number of aromatic nitrogens is 4. The number of aliphatic hydroxyl groups excluding tert-OH is 1. The standard InChI is InChI=1S/C27H33FN6O7S2/c1-16(2)24(12-30-23(26(36)37)9-17-3-5-20(6-4-17)41-15-19(35)11-28)34-13-18(32-33-34)14-40-21-7-8-22-25(10-21)42-27(31-22)43(29,38)39/h3-8,10,13,16,19,23-24,30,35H,9,11-12,14-15H2,1-2H3,(H,36,37)(H2,29,38,39)/t19?,23-,24+/m0/s1. The molecule has 0 aliphatic carbocycles. The van der Waals surface area contributed by atoms with Gasteiger partial charge >= 0.3 is 5.97 Å². The number of benzene rings is 2. The van der Waals surface area contributed by atoms with E-state index in [2.05, 4.69) is 20.6 Å². The molecule has 0 aliphatic rings. The van der Waals surface area contributed by atoms with Crippen molar-refractivity contribution in [2.75, 3.05) is 19.8 Å². The predicted octanol–water partition coefficient (Wildman–Crippen LogP) is 2.31. The molecule has 1 unspecified atom stereocenters. The first-order chi connectivity index (χ1) is 20.4. The minimum atomic E-state index is -3.90. The number of sulfonamides is 1. The molecule has 3 atom stereocenters. The smallest absolute Gasteiger partial charge is 0.321 e. The van der Waals surface area contributed by atoms with Crippen LogP contribution in [0.15, 0.2) is 53.0 Å². The molecular weight excluding hydrogens is 603 g/mol. The lowest BCUT2D eigenvalue weighted by Crippen LogP contribution is -2.42. The monoisotopic (exact) mass is 636 g/mol. The minimum Gasteiger partial charge on any atom is -0.491 e. The highest BCUT2D eigenvalue weighted by Crippen LogP contribution is 2.28. The number of thiazole rings is 1. The van der Waals surface area contributed by atoms with Crippen LogP contribution >= 0.6 is 11.3 Å². The molecule has 4 aromatic rings. The summed E-state index contributed by atoms with van der Waals surface area (Å²) >= 11 is 0.955. The van der Waals surface area contributed by atoms with Crippen molar-refractivity contribution in [1.82, 2.24) is 25.3 Å². The van der Waals surface area contributed by atoms with Gasteiger partial charge in [0.1, 0.15) is 49.2 Å². The average Bonchev–Trinajstić information content (AvgIpc) is 3.62. The van der Waals surface area contributed by atoms with Crippen molar-refractivity contribution in [1.29, 1.82) is 0 Å². The number of halogens is 1. The fourth-order valence-corrected chi connectivity index (χ4v) is 5.82. The van der Waals surface area contributed by atoms with Crippen molar-refractivity contribution in [3.8, 4) is 11.5 Å². The molecule has 2 aromatic carbocycles. The molecule has 0 bridgehead atoms. The number of hydrogen-bond donors (Lipinski definition) is 4. The maximum Gasteiger partial charge on any atom is 0.321 e. The van der Waals surface area contributed by atoms with E-state index in [1.54, 1.807) is 53.3 Å². The molecule has 2 heterocycles. The number of nitrogens with one attached hydrogen (secondary N) is 1. The summed E-state index contributed by atoms with van der Waals surface area (Å²) in [6.45, 7) is 3.35. The fourth-order valence-electron chi connectivity index (χ4n) is 4.13. The zero-order valence-corrected chi connectivity index (χ0v) is 25.1. The number of aliphatic carboxylic acids is 1. The Hall–Kier alpha value is -3.70. The Kier molecular flexibility index (Phi) is 10.6. The van der Waals surface area contributed by atoms with Crippen LogP contribution in [0.5, 0.6) is 11.5 Å². The number of ether oxygens (including phenoxy) is 2. The maximum absolute atomic E-state index is 12.4. The molecule has 0 aliphatic heterocycles. The number of aliphatic hydroxyl groups is 1. The number of rotatable bonds is 16. The van der Waals surface area contributed by atoms with Crippen molar-refractivity contribution in [3.05, 3.63) is 59.9 Å². The van der Waals surface area contributed by atoms with Gasteiger partial charge in [-0.2, -0.15) is 0 Å². The van der Waals surface area contributed by atoms with Crippen molar-refractivity contribution >= 4 is 37.5 Å². The average molecular weight is 637 g/mol. The fraction of sp³-hybridized carbons (Fsp3) is 0.407. The van der Waals surface area contributed by atoms with Gasteiger partial charge in [0.15, 0.2) is 0 Å². The number of carbonyl (C=O) groups is 1. The van der Waals surface area contributed by atoms with Crippen LogP contribution in [0.1, 0.15) is 31.1 Å². The topological polar surface area (TPSA) is 192 Å². The lowest BCUT2D eigenvalue weighted by atomic mass is 10.0. The van der Waals surface area contributed by atoms with Crippen LogP contribution in [-0.4, -0.2) is 76.6 Å². The van der Waals surface area contributed by atoms with Gasteiger partial charge in [0, 0.05) is 6.54 Å². The van der Waals surface area contributed by atoms with Crippen molar-refractivity contribution in [2.24, 2.45) is 11.1 Å². The number of primary sulfonamides is 1. The third-order valence-electron chi connectivity index (χ3n) is 6.49. The molecule has 0 spiro atoms. The summed E-state index contributed by atoms with van der Waals surface area (Å²) in [4.78, 5) is 16.0. The van der Waals surface area contributed by atoms with Gasteiger partial charge in [0.2, 0.25) is 4.34 Å². The van der Waals surface area contributed by atoms with Crippen molar-refractivity contribution in [3.63, 3.8) is 0 Å². The second kappa shape index (κ2) is 14.2. The zero-order valence-electron chi connectivity index (χ0n) is 23.5. The van der Waals surface area contributed by atoms with E-state index >= 15 is 0 Å². The number of fused-ring (bicyclic) bond motifs is 1.